The van der Waals surface area contributed by atoms with Crippen molar-refractivity contribution in [3.05, 3.63) is 12.7 Å². The van der Waals surface area contributed by atoms with Gasteiger partial charge in [-0.05, 0) is 0 Å². The summed E-state index contributed by atoms with van der Waals surface area (Å²) in [6.45, 7) is 2.93. The Morgan fingerprint density at radius 3 is 2.44 bits per heavy atom. The lowest BCUT2D eigenvalue weighted by Gasteiger charge is -2.12. The van der Waals surface area contributed by atoms with E-state index in [1.165, 1.54) is 6.08 Å². The standard InChI is InChI=1S/C9H15NO7S/c1-2-4-16-8(11)6-7(18(13,14)15)9(12)17-5-3-10/h2,7H,1,3-6,10H2,(H,13,14,15). The smallest absolute Gasteiger partial charge is 0.327 e. The summed E-state index contributed by atoms with van der Waals surface area (Å²) >= 11 is 0. The van der Waals surface area contributed by atoms with E-state index >= 15 is 0 Å². The zero-order chi connectivity index (χ0) is 14.2. The van der Waals surface area contributed by atoms with Crippen LogP contribution in [0.3, 0.4) is 0 Å². The minimum absolute atomic E-state index is 0.00908. The number of hydrogen-bond acceptors (Lipinski definition) is 7. The van der Waals surface area contributed by atoms with Crippen LogP contribution in [0, 0.1) is 0 Å². The van der Waals surface area contributed by atoms with Crippen molar-refractivity contribution in [2.75, 3.05) is 19.8 Å². The average molecular weight is 281 g/mol. The van der Waals surface area contributed by atoms with Gasteiger partial charge in [-0.3, -0.25) is 14.1 Å². The fourth-order valence-corrected chi connectivity index (χ4v) is 1.58. The lowest BCUT2D eigenvalue weighted by Crippen LogP contribution is -2.35. The quantitative estimate of drug-likeness (QED) is 0.324. The Labute approximate surface area is 104 Å². The lowest BCUT2D eigenvalue weighted by molar-refractivity contribution is -0.149. The Kier molecular flexibility index (Phi) is 7.17. The van der Waals surface area contributed by atoms with E-state index in [0.717, 1.165) is 0 Å². The molecule has 0 saturated carbocycles. The summed E-state index contributed by atoms with van der Waals surface area (Å²) < 4.78 is 39.7. The maximum Gasteiger partial charge on any atom is 0.327 e. The summed E-state index contributed by atoms with van der Waals surface area (Å²) in [4.78, 5) is 22.5. The maximum absolute atomic E-state index is 11.3. The predicted octanol–water partition coefficient (Wildman–Crippen LogP) is -1.14. The monoisotopic (exact) mass is 281 g/mol. The molecule has 0 rings (SSSR count). The Morgan fingerprint density at radius 1 is 1.39 bits per heavy atom. The molecule has 9 heteroatoms. The van der Waals surface area contributed by atoms with Gasteiger partial charge in [-0.15, -0.1) is 0 Å². The molecule has 0 spiro atoms. The molecule has 0 bridgehead atoms. The first kappa shape index (κ1) is 16.6. The van der Waals surface area contributed by atoms with E-state index in [4.69, 9.17) is 10.3 Å². The third-order valence-corrected chi connectivity index (χ3v) is 2.78. The van der Waals surface area contributed by atoms with Crippen molar-refractivity contribution in [1.82, 2.24) is 0 Å². The Balaban J connectivity index is 4.65. The molecule has 3 N–H and O–H groups in total. The number of carbonyl (C=O) groups is 2. The van der Waals surface area contributed by atoms with Crippen molar-refractivity contribution in [2.45, 2.75) is 11.7 Å². The van der Waals surface area contributed by atoms with Gasteiger partial charge in [0.2, 0.25) is 0 Å². The summed E-state index contributed by atoms with van der Waals surface area (Å²) in [7, 11) is -4.76. The highest BCUT2D eigenvalue weighted by atomic mass is 32.2. The van der Waals surface area contributed by atoms with Crippen LogP contribution in [0.4, 0.5) is 0 Å². The lowest BCUT2D eigenvalue weighted by atomic mass is 10.3. The van der Waals surface area contributed by atoms with Crippen LogP contribution in [0.15, 0.2) is 12.7 Å². The van der Waals surface area contributed by atoms with E-state index in [1.54, 1.807) is 0 Å². The van der Waals surface area contributed by atoms with Crippen LogP contribution in [0.2, 0.25) is 0 Å². The Hall–Kier alpha value is -1.45. The normalized spacial score (nSPS) is 12.6. The highest BCUT2D eigenvalue weighted by Gasteiger charge is 2.35. The van der Waals surface area contributed by atoms with Gasteiger partial charge >= 0.3 is 11.9 Å². The van der Waals surface area contributed by atoms with Gasteiger partial charge in [-0.2, -0.15) is 8.42 Å². The van der Waals surface area contributed by atoms with Crippen molar-refractivity contribution in [3.8, 4) is 0 Å². The molecule has 0 amide bonds. The zero-order valence-corrected chi connectivity index (χ0v) is 10.4. The highest BCUT2D eigenvalue weighted by molar-refractivity contribution is 7.87. The largest absolute Gasteiger partial charge is 0.463 e. The number of rotatable bonds is 8. The molecule has 0 aliphatic heterocycles. The second-order valence-electron chi connectivity index (χ2n) is 3.14. The minimum Gasteiger partial charge on any atom is -0.463 e. The first-order valence-corrected chi connectivity index (χ1v) is 6.42. The number of carbonyl (C=O) groups excluding carboxylic acids is 2. The van der Waals surface area contributed by atoms with Gasteiger partial charge in [0, 0.05) is 6.54 Å². The molecular weight excluding hydrogens is 266 g/mol. The van der Waals surface area contributed by atoms with Gasteiger partial charge in [-0.25, -0.2) is 0 Å². The van der Waals surface area contributed by atoms with Crippen LogP contribution in [0.5, 0.6) is 0 Å². The van der Waals surface area contributed by atoms with Crippen molar-refractivity contribution >= 4 is 22.1 Å². The summed E-state index contributed by atoms with van der Waals surface area (Å²) in [6, 6.07) is 0. The Bertz CT molecular complexity index is 403. The fourth-order valence-electron chi connectivity index (χ4n) is 0.925. The zero-order valence-electron chi connectivity index (χ0n) is 9.57. The number of ether oxygens (including phenoxy) is 2. The molecule has 0 aliphatic carbocycles. The van der Waals surface area contributed by atoms with Crippen LogP contribution in [0.25, 0.3) is 0 Å². The van der Waals surface area contributed by atoms with Gasteiger partial charge in [0.05, 0.1) is 6.42 Å². The molecule has 0 heterocycles. The molecule has 104 valence electrons. The molecule has 1 unspecified atom stereocenters. The van der Waals surface area contributed by atoms with Crippen molar-refractivity contribution in [2.24, 2.45) is 5.73 Å². The third-order valence-electron chi connectivity index (χ3n) is 1.70. The summed E-state index contributed by atoms with van der Waals surface area (Å²) in [5.41, 5.74) is 5.06. The summed E-state index contributed by atoms with van der Waals surface area (Å²) in [5.74, 6) is -2.22. The molecule has 0 aromatic heterocycles. The second-order valence-corrected chi connectivity index (χ2v) is 4.73. The second kappa shape index (κ2) is 7.80. The van der Waals surface area contributed by atoms with Crippen molar-refractivity contribution < 1.29 is 32.0 Å². The van der Waals surface area contributed by atoms with E-state index in [0.29, 0.717) is 0 Å². The van der Waals surface area contributed by atoms with Crippen LogP contribution in [-0.2, 0) is 29.2 Å². The highest BCUT2D eigenvalue weighted by Crippen LogP contribution is 2.08. The van der Waals surface area contributed by atoms with Crippen LogP contribution < -0.4 is 5.73 Å². The Morgan fingerprint density at radius 2 is 2.00 bits per heavy atom. The van der Waals surface area contributed by atoms with Crippen LogP contribution >= 0.6 is 0 Å². The SMILES string of the molecule is C=CCOC(=O)CC(C(=O)OCCN)S(=O)(=O)O. The third kappa shape index (κ3) is 6.33. The van der Waals surface area contributed by atoms with Gasteiger partial charge < -0.3 is 15.2 Å². The molecule has 0 saturated heterocycles. The van der Waals surface area contributed by atoms with Crippen molar-refractivity contribution in [3.63, 3.8) is 0 Å². The molecule has 0 aliphatic rings. The van der Waals surface area contributed by atoms with E-state index in [2.05, 4.69) is 16.1 Å². The first-order valence-electron chi connectivity index (χ1n) is 4.92. The topological polar surface area (TPSA) is 133 Å². The first-order chi connectivity index (χ1) is 8.32. The van der Waals surface area contributed by atoms with Crippen molar-refractivity contribution in [1.29, 1.82) is 0 Å². The number of nitrogens with two attached hydrogens (primary N) is 1. The van der Waals surface area contributed by atoms with E-state index in [-0.39, 0.29) is 19.8 Å². The number of esters is 2. The van der Waals surface area contributed by atoms with Crippen LogP contribution in [0.1, 0.15) is 6.42 Å². The van der Waals surface area contributed by atoms with Gasteiger partial charge in [0.25, 0.3) is 10.1 Å². The molecular formula is C9H15NO7S. The molecule has 0 aromatic rings. The van der Waals surface area contributed by atoms with E-state index in [1.807, 2.05) is 0 Å². The van der Waals surface area contributed by atoms with Gasteiger partial charge in [-0.1, -0.05) is 12.7 Å². The minimum atomic E-state index is -4.76. The maximum atomic E-state index is 11.3. The molecule has 0 aromatic carbocycles. The van der Waals surface area contributed by atoms with E-state index < -0.39 is 33.7 Å². The van der Waals surface area contributed by atoms with Gasteiger partial charge in [0.1, 0.15) is 13.2 Å². The predicted molar refractivity (Wildman–Crippen MR) is 61.1 cm³/mol. The van der Waals surface area contributed by atoms with Gasteiger partial charge in [0.15, 0.2) is 5.25 Å². The molecule has 0 radical (unpaired) electrons. The fraction of sp³-hybridized carbons (Fsp3) is 0.556. The average Bonchev–Trinajstić information content (AvgIpc) is 2.28. The van der Waals surface area contributed by atoms with Crippen LogP contribution in [-0.4, -0.2) is 49.9 Å². The molecule has 1 atom stereocenters. The summed E-state index contributed by atoms with van der Waals surface area (Å²) in [6.07, 6.45) is 0.434. The van der Waals surface area contributed by atoms with E-state index in [9.17, 15) is 18.0 Å². The molecule has 8 nitrogen and oxygen atoms in total. The molecule has 0 fully saturated rings. The molecule has 18 heavy (non-hydrogen) atoms. The summed E-state index contributed by atoms with van der Waals surface area (Å²) in [5, 5.41) is -2.01. The number of hydrogen-bond donors (Lipinski definition) is 2.